The van der Waals surface area contributed by atoms with Crippen LogP contribution in [0.25, 0.3) is 5.57 Å². The number of nitro groups is 2. The lowest BCUT2D eigenvalue weighted by Crippen LogP contribution is -2.03. The lowest BCUT2D eigenvalue weighted by atomic mass is 10.1. The zero-order valence-electron chi connectivity index (χ0n) is 11.5. The average Bonchev–Trinajstić information content (AvgIpc) is 3.01. The summed E-state index contributed by atoms with van der Waals surface area (Å²) in [5.74, 6) is -0.0574. The summed E-state index contributed by atoms with van der Waals surface area (Å²) in [6, 6.07) is 4.17. The molecule has 12 nitrogen and oxygen atoms in total. The molecule has 116 valence electrons. The number of rotatable bonds is 5. The van der Waals surface area contributed by atoms with E-state index >= 15 is 0 Å². The van der Waals surface area contributed by atoms with Crippen LogP contribution in [0, 0.1) is 38.5 Å². The summed E-state index contributed by atoms with van der Waals surface area (Å²) < 4.78 is 0. The standard InChI is InChI=1S/C11H8N8O4/c1-6-2-3-8(18(20)21)9(10(6)19(22)23)13-5-7(4-12)11-14-16-17-15-11/h2-3,5,13H,1H3,(H,14,15,16,17). The van der Waals surface area contributed by atoms with Crippen molar-refractivity contribution in [3.8, 4) is 6.07 Å². The van der Waals surface area contributed by atoms with Gasteiger partial charge in [-0.1, -0.05) is 0 Å². The van der Waals surface area contributed by atoms with Gasteiger partial charge in [-0.3, -0.25) is 20.2 Å². The minimum Gasteiger partial charge on any atom is -0.349 e. The molecular formula is C11H8N8O4. The van der Waals surface area contributed by atoms with E-state index in [1.807, 2.05) is 0 Å². The van der Waals surface area contributed by atoms with Crippen molar-refractivity contribution in [3.05, 3.63) is 49.9 Å². The summed E-state index contributed by atoms with van der Waals surface area (Å²) >= 11 is 0. The van der Waals surface area contributed by atoms with Crippen molar-refractivity contribution in [2.24, 2.45) is 0 Å². The third-order valence-corrected chi connectivity index (χ3v) is 2.80. The Kier molecular flexibility index (Phi) is 4.22. The third kappa shape index (κ3) is 3.08. The Bertz CT molecular complexity index is 836. The maximum absolute atomic E-state index is 11.2. The second kappa shape index (κ2) is 6.26. The number of allylic oxidation sites excluding steroid dienone is 1. The van der Waals surface area contributed by atoms with Gasteiger partial charge in [0.25, 0.3) is 5.69 Å². The number of nitrogens with zero attached hydrogens (tertiary/aromatic N) is 6. The molecule has 0 atom stereocenters. The number of hydrogen-bond acceptors (Lipinski definition) is 9. The number of hydrogen-bond donors (Lipinski definition) is 2. The molecule has 2 N–H and O–H groups in total. The van der Waals surface area contributed by atoms with Crippen molar-refractivity contribution in [2.45, 2.75) is 6.92 Å². The van der Waals surface area contributed by atoms with E-state index < -0.39 is 21.2 Å². The number of aromatic amines is 1. The molecular weight excluding hydrogens is 308 g/mol. The maximum atomic E-state index is 11.2. The van der Waals surface area contributed by atoms with Gasteiger partial charge in [-0.2, -0.15) is 10.5 Å². The van der Waals surface area contributed by atoms with Gasteiger partial charge >= 0.3 is 5.69 Å². The van der Waals surface area contributed by atoms with Crippen LogP contribution in [0.15, 0.2) is 18.3 Å². The highest BCUT2D eigenvalue weighted by atomic mass is 16.6. The SMILES string of the molecule is Cc1ccc([N+](=O)[O-])c(NC=C(C#N)c2nn[nH]n2)c1[N+](=O)[O-]. The lowest BCUT2D eigenvalue weighted by molar-refractivity contribution is -0.392. The normalized spacial score (nSPS) is 10.9. The number of aromatic nitrogens is 4. The largest absolute Gasteiger partial charge is 0.349 e. The molecule has 0 radical (unpaired) electrons. The number of tetrazole rings is 1. The number of nitrogens with one attached hydrogen (secondary N) is 2. The minimum atomic E-state index is -0.761. The van der Waals surface area contributed by atoms with Gasteiger partial charge < -0.3 is 5.32 Å². The Morgan fingerprint density at radius 2 is 2.13 bits per heavy atom. The molecule has 0 saturated carbocycles. The smallest absolute Gasteiger partial charge is 0.302 e. The van der Waals surface area contributed by atoms with E-state index in [-0.39, 0.29) is 22.6 Å². The summed E-state index contributed by atoms with van der Waals surface area (Å²) in [5, 5.41) is 46.3. The third-order valence-electron chi connectivity index (χ3n) is 2.80. The van der Waals surface area contributed by atoms with E-state index in [1.54, 1.807) is 6.07 Å². The molecule has 0 spiro atoms. The van der Waals surface area contributed by atoms with Gasteiger partial charge in [0.15, 0.2) is 5.69 Å². The molecule has 0 bridgehead atoms. The number of H-pyrrole nitrogens is 1. The molecule has 0 aliphatic rings. The Balaban J connectivity index is 2.54. The van der Waals surface area contributed by atoms with E-state index in [4.69, 9.17) is 5.26 Å². The molecule has 2 aromatic rings. The van der Waals surface area contributed by atoms with Crippen molar-refractivity contribution in [1.29, 1.82) is 5.26 Å². The lowest BCUT2D eigenvalue weighted by Gasteiger charge is -2.06. The van der Waals surface area contributed by atoms with Crippen LogP contribution in [0.3, 0.4) is 0 Å². The highest BCUT2D eigenvalue weighted by Gasteiger charge is 2.27. The molecule has 0 aliphatic carbocycles. The zero-order valence-corrected chi connectivity index (χ0v) is 11.5. The first-order valence-electron chi connectivity index (χ1n) is 5.98. The molecule has 0 unspecified atom stereocenters. The number of aryl methyl sites for hydroxylation is 1. The van der Waals surface area contributed by atoms with E-state index in [2.05, 4.69) is 25.9 Å². The van der Waals surface area contributed by atoms with Gasteiger partial charge in [-0.25, -0.2) is 0 Å². The van der Waals surface area contributed by atoms with Crippen molar-refractivity contribution in [2.75, 3.05) is 5.32 Å². The highest BCUT2D eigenvalue weighted by Crippen LogP contribution is 2.37. The minimum absolute atomic E-state index is 0.0574. The summed E-state index contributed by atoms with van der Waals surface area (Å²) in [6.07, 6.45) is 1.04. The molecule has 0 fully saturated rings. The van der Waals surface area contributed by atoms with Crippen LogP contribution in [0.1, 0.15) is 11.4 Å². The maximum Gasteiger partial charge on any atom is 0.302 e. The van der Waals surface area contributed by atoms with E-state index in [9.17, 15) is 20.2 Å². The van der Waals surface area contributed by atoms with Crippen molar-refractivity contribution in [1.82, 2.24) is 20.6 Å². The Morgan fingerprint density at radius 3 is 2.65 bits per heavy atom. The van der Waals surface area contributed by atoms with E-state index in [0.29, 0.717) is 0 Å². The molecule has 1 aromatic carbocycles. The zero-order chi connectivity index (χ0) is 17.0. The van der Waals surface area contributed by atoms with Gasteiger partial charge in [0.05, 0.1) is 9.85 Å². The van der Waals surface area contributed by atoms with Crippen LogP contribution < -0.4 is 5.32 Å². The van der Waals surface area contributed by atoms with Crippen molar-refractivity contribution >= 4 is 22.6 Å². The monoisotopic (exact) mass is 316 g/mol. The molecule has 1 heterocycles. The van der Waals surface area contributed by atoms with Crippen LogP contribution >= 0.6 is 0 Å². The molecule has 23 heavy (non-hydrogen) atoms. The fourth-order valence-electron chi connectivity index (χ4n) is 1.78. The molecule has 2 rings (SSSR count). The Labute approximate surface area is 127 Å². The van der Waals surface area contributed by atoms with Gasteiger partial charge in [-0.05, 0) is 18.2 Å². The van der Waals surface area contributed by atoms with Crippen LogP contribution in [0.5, 0.6) is 0 Å². The first-order valence-corrected chi connectivity index (χ1v) is 5.98. The molecule has 0 amide bonds. The number of nitriles is 1. The fraction of sp³-hybridized carbons (Fsp3) is 0.0909. The molecule has 0 saturated heterocycles. The summed E-state index contributed by atoms with van der Waals surface area (Å²) in [5.41, 5.74) is -1.17. The van der Waals surface area contributed by atoms with Crippen molar-refractivity contribution < 1.29 is 9.85 Å². The molecule has 1 aromatic heterocycles. The van der Waals surface area contributed by atoms with E-state index in [1.165, 1.54) is 13.0 Å². The summed E-state index contributed by atoms with van der Waals surface area (Å²) in [4.78, 5) is 20.7. The van der Waals surface area contributed by atoms with Gasteiger partial charge in [0, 0.05) is 17.8 Å². The van der Waals surface area contributed by atoms with Gasteiger partial charge in [-0.15, -0.1) is 10.2 Å². The molecule has 0 aliphatic heterocycles. The average molecular weight is 316 g/mol. The van der Waals surface area contributed by atoms with E-state index in [0.717, 1.165) is 12.3 Å². The number of nitro benzene ring substituents is 2. The number of benzene rings is 1. The van der Waals surface area contributed by atoms with Crippen LogP contribution in [-0.2, 0) is 0 Å². The second-order valence-electron chi connectivity index (χ2n) is 4.19. The number of anilines is 1. The van der Waals surface area contributed by atoms with Crippen LogP contribution in [-0.4, -0.2) is 30.5 Å². The predicted octanol–water partition coefficient (Wildman–Crippen LogP) is 1.30. The van der Waals surface area contributed by atoms with Crippen LogP contribution in [0.2, 0.25) is 0 Å². The Morgan fingerprint density at radius 1 is 1.39 bits per heavy atom. The predicted molar refractivity (Wildman–Crippen MR) is 75.9 cm³/mol. The summed E-state index contributed by atoms with van der Waals surface area (Å²) in [6.45, 7) is 1.45. The molecule has 12 heteroatoms. The quantitative estimate of drug-likeness (QED) is 0.467. The first-order chi connectivity index (χ1) is 11.0. The highest BCUT2D eigenvalue weighted by molar-refractivity contribution is 5.80. The topological polar surface area (TPSA) is 177 Å². The fourth-order valence-corrected chi connectivity index (χ4v) is 1.78. The van der Waals surface area contributed by atoms with Gasteiger partial charge in [0.2, 0.25) is 5.82 Å². The Hall–Kier alpha value is -3.88. The van der Waals surface area contributed by atoms with Crippen molar-refractivity contribution in [3.63, 3.8) is 0 Å². The first kappa shape index (κ1) is 15.5. The second-order valence-corrected chi connectivity index (χ2v) is 4.19. The van der Waals surface area contributed by atoms with Gasteiger partial charge in [0.1, 0.15) is 11.6 Å². The van der Waals surface area contributed by atoms with Crippen LogP contribution in [0.4, 0.5) is 17.1 Å². The summed E-state index contributed by atoms with van der Waals surface area (Å²) in [7, 11) is 0.